The van der Waals surface area contributed by atoms with Crippen LogP contribution in [0, 0.1) is 0 Å². The highest BCUT2D eigenvalue weighted by Crippen LogP contribution is 2.48. The number of rotatable bonds is 11. The van der Waals surface area contributed by atoms with E-state index in [0.29, 0.717) is 0 Å². The SMILES string of the molecule is CO[Si](CCCSSSSC1=Cc2ccccc2SN1)(OC)OC. The first-order valence-corrected chi connectivity index (χ1v) is 15.0. The summed E-state index contributed by atoms with van der Waals surface area (Å²) in [5.41, 5.74) is 1.28. The van der Waals surface area contributed by atoms with Crippen molar-refractivity contribution >= 4 is 68.1 Å². The fraction of sp³-hybridized carbons (Fsp3) is 0.429. The lowest BCUT2D eigenvalue weighted by atomic mass is 10.2. The first kappa shape index (κ1) is 20.9. The van der Waals surface area contributed by atoms with Crippen molar-refractivity contribution in [1.82, 2.24) is 4.72 Å². The van der Waals surface area contributed by atoms with Crippen molar-refractivity contribution in [3.8, 4) is 0 Å². The largest absolute Gasteiger partial charge is 0.500 e. The summed E-state index contributed by atoms with van der Waals surface area (Å²) in [6.45, 7) is 0. The molecule has 0 atom stereocenters. The van der Waals surface area contributed by atoms with Crippen LogP contribution in [-0.4, -0.2) is 35.9 Å². The highest BCUT2D eigenvalue weighted by Gasteiger charge is 2.36. The molecule has 0 bridgehead atoms. The van der Waals surface area contributed by atoms with E-state index < -0.39 is 8.80 Å². The predicted octanol–water partition coefficient (Wildman–Crippen LogP) is 5.54. The normalized spacial score (nSPS) is 14.0. The lowest BCUT2D eigenvalue weighted by Crippen LogP contribution is -2.42. The topological polar surface area (TPSA) is 39.7 Å². The zero-order valence-electron chi connectivity index (χ0n) is 13.8. The van der Waals surface area contributed by atoms with E-state index in [1.165, 1.54) is 15.5 Å². The van der Waals surface area contributed by atoms with Crippen molar-refractivity contribution in [1.29, 1.82) is 0 Å². The molecule has 24 heavy (non-hydrogen) atoms. The van der Waals surface area contributed by atoms with Gasteiger partial charge in [-0.15, -0.1) is 0 Å². The molecule has 0 unspecified atom stereocenters. The van der Waals surface area contributed by atoms with Gasteiger partial charge in [-0.05, 0) is 66.5 Å². The molecular formula is C14H21NO3S5Si. The van der Waals surface area contributed by atoms with Gasteiger partial charge in [0.2, 0.25) is 0 Å². The zero-order chi connectivity index (χ0) is 17.3. The summed E-state index contributed by atoms with van der Waals surface area (Å²) in [5.74, 6) is 1.05. The Morgan fingerprint density at radius 1 is 1.08 bits per heavy atom. The average Bonchev–Trinajstić information content (AvgIpc) is 2.64. The van der Waals surface area contributed by atoms with Crippen LogP contribution in [-0.2, 0) is 13.3 Å². The maximum Gasteiger partial charge on any atom is 0.500 e. The summed E-state index contributed by atoms with van der Waals surface area (Å²) < 4.78 is 19.6. The number of hydrogen-bond acceptors (Lipinski definition) is 9. The third kappa shape index (κ3) is 6.40. The molecule has 0 saturated heterocycles. The van der Waals surface area contributed by atoms with Crippen molar-refractivity contribution in [3.63, 3.8) is 0 Å². The third-order valence-electron chi connectivity index (χ3n) is 3.31. The van der Waals surface area contributed by atoms with Crippen molar-refractivity contribution < 1.29 is 13.3 Å². The second kappa shape index (κ2) is 11.3. The predicted molar refractivity (Wildman–Crippen MR) is 115 cm³/mol. The van der Waals surface area contributed by atoms with Gasteiger partial charge in [-0.2, -0.15) is 0 Å². The molecule has 134 valence electrons. The van der Waals surface area contributed by atoms with Crippen LogP contribution in [0.1, 0.15) is 12.0 Å². The van der Waals surface area contributed by atoms with E-state index in [4.69, 9.17) is 13.3 Å². The van der Waals surface area contributed by atoms with Crippen LogP contribution in [0.15, 0.2) is 34.2 Å². The van der Waals surface area contributed by atoms with E-state index in [0.717, 1.165) is 18.2 Å². The monoisotopic (exact) mass is 439 g/mol. The summed E-state index contributed by atoms with van der Waals surface area (Å²) in [6, 6.07) is 9.27. The van der Waals surface area contributed by atoms with Gasteiger partial charge in [-0.25, -0.2) is 0 Å². The maximum absolute atomic E-state index is 5.42. The molecule has 0 spiro atoms. The molecule has 0 fully saturated rings. The second-order valence-electron chi connectivity index (χ2n) is 4.69. The fourth-order valence-electron chi connectivity index (χ4n) is 2.02. The molecule has 4 nitrogen and oxygen atoms in total. The van der Waals surface area contributed by atoms with Crippen molar-refractivity contribution in [2.75, 3.05) is 27.1 Å². The van der Waals surface area contributed by atoms with E-state index in [2.05, 4.69) is 35.1 Å². The maximum atomic E-state index is 5.42. The first-order valence-electron chi connectivity index (χ1n) is 7.25. The van der Waals surface area contributed by atoms with Crippen LogP contribution in [0.2, 0.25) is 6.04 Å². The minimum atomic E-state index is -2.40. The van der Waals surface area contributed by atoms with Crippen molar-refractivity contribution in [2.45, 2.75) is 17.4 Å². The molecule has 1 N–H and O–H groups in total. The molecule has 1 aromatic rings. The molecule has 0 radical (unpaired) electrons. The van der Waals surface area contributed by atoms with E-state index in [-0.39, 0.29) is 0 Å². The molecule has 1 heterocycles. The highest BCUT2D eigenvalue weighted by atomic mass is 33.7. The molecule has 0 aliphatic carbocycles. The fourth-order valence-corrected chi connectivity index (χ4v) is 10.7. The average molecular weight is 440 g/mol. The summed E-state index contributed by atoms with van der Waals surface area (Å²) in [4.78, 5) is 1.27. The van der Waals surface area contributed by atoms with Gasteiger partial charge in [0.05, 0.1) is 5.03 Å². The summed E-state index contributed by atoms with van der Waals surface area (Å²) >= 11 is 1.67. The lowest BCUT2D eigenvalue weighted by molar-refractivity contribution is 0.123. The van der Waals surface area contributed by atoms with Gasteiger partial charge in [0.15, 0.2) is 0 Å². The lowest BCUT2D eigenvalue weighted by Gasteiger charge is -2.23. The van der Waals surface area contributed by atoms with Crippen molar-refractivity contribution in [3.05, 3.63) is 34.9 Å². The molecule has 0 aromatic heterocycles. The van der Waals surface area contributed by atoms with E-state index >= 15 is 0 Å². The third-order valence-corrected chi connectivity index (χ3v) is 13.4. The summed E-state index contributed by atoms with van der Waals surface area (Å²) in [5, 5.41) is 1.18. The Kier molecular flexibility index (Phi) is 9.89. The second-order valence-corrected chi connectivity index (χ2v) is 14.6. The van der Waals surface area contributed by atoms with Crippen LogP contribution in [0.25, 0.3) is 6.08 Å². The quantitative estimate of drug-likeness (QED) is 0.207. The number of benzene rings is 1. The van der Waals surface area contributed by atoms with Gasteiger partial charge in [0.25, 0.3) is 0 Å². The van der Waals surface area contributed by atoms with Crippen molar-refractivity contribution in [2.24, 2.45) is 0 Å². The highest BCUT2D eigenvalue weighted by molar-refractivity contribution is 9.26. The smallest absolute Gasteiger partial charge is 0.377 e. The van der Waals surface area contributed by atoms with Crippen LogP contribution in [0.4, 0.5) is 0 Å². The summed E-state index contributed by atoms with van der Waals surface area (Å²) in [6.07, 6.45) is 3.22. The molecule has 10 heteroatoms. The van der Waals surface area contributed by atoms with E-state index in [9.17, 15) is 0 Å². The molecule has 0 saturated carbocycles. The van der Waals surface area contributed by atoms with Gasteiger partial charge in [0, 0.05) is 38.0 Å². The van der Waals surface area contributed by atoms with Gasteiger partial charge in [-0.3, -0.25) is 0 Å². The van der Waals surface area contributed by atoms with E-state index in [1.807, 2.05) is 10.8 Å². The summed E-state index contributed by atoms with van der Waals surface area (Å²) in [7, 11) is 9.77. The van der Waals surface area contributed by atoms with Crippen LogP contribution < -0.4 is 4.72 Å². The van der Waals surface area contributed by atoms with Gasteiger partial charge in [0.1, 0.15) is 0 Å². The molecule has 0 amide bonds. The zero-order valence-corrected chi connectivity index (χ0v) is 18.9. The minimum absolute atomic E-state index is 0.849. The molecule has 1 aromatic carbocycles. The van der Waals surface area contributed by atoms with Crippen LogP contribution >= 0.6 is 53.2 Å². The number of fused-ring (bicyclic) bond motifs is 1. The Labute approximate surface area is 164 Å². The number of hydrogen-bond donors (Lipinski definition) is 1. The molecular weight excluding hydrogens is 419 g/mol. The standard InChI is InChI=1S/C14H21NO3S5Si/c1-16-24(17-2,18-3)10-6-9-19-22-23-21-14-11-12-7-4-5-8-13(12)20-15-14/h4-5,7-8,11,15H,6,9-10H2,1-3H3. The Hall–Kier alpha value is 0.607. The molecule has 1 aliphatic rings. The van der Waals surface area contributed by atoms with Crippen LogP contribution in [0.5, 0.6) is 0 Å². The van der Waals surface area contributed by atoms with Gasteiger partial charge in [-0.1, -0.05) is 29.0 Å². The Morgan fingerprint density at radius 2 is 1.83 bits per heavy atom. The molecule has 1 aliphatic heterocycles. The van der Waals surface area contributed by atoms with E-state index in [1.54, 1.807) is 63.7 Å². The Balaban J connectivity index is 1.60. The van der Waals surface area contributed by atoms with Gasteiger partial charge >= 0.3 is 8.80 Å². The first-order chi connectivity index (χ1) is 11.7. The van der Waals surface area contributed by atoms with Crippen LogP contribution in [0.3, 0.4) is 0 Å². The Bertz CT molecular complexity index is 537. The Morgan fingerprint density at radius 3 is 2.58 bits per heavy atom. The molecule has 2 rings (SSSR count). The van der Waals surface area contributed by atoms with Gasteiger partial charge < -0.3 is 18.0 Å². The minimum Gasteiger partial charge on any atom is -0.377 e. The number of nitrogens with one attached hydrogen (secondary N) is 1.